The van der Waals surface area contributed by atoms with Gasteiger partial charge in [-0.3, -0.25) is 4.79 Å². The van der Waals surface area contributed by atoms with E-state index in [1.807, 2.05) is 37.2 Å². The number of fused-ring (bicyclic) bond motifs is 1. The van der Waals surface area contributed by atoms with Crippen LogP contribution in [0.4, 0.5) is 5.69 Å². The number of nitrogens with one attached hydrogen (secondary N) is 1. The highest BCUT2D eigenvalue weighted by atomic mass is 32.2. The van der Waals surface area contributed by atoms with Crippen molar-refractivity contribution in [3.63, 3.8) is 0 Å². The lowest BCUT2D eigenvalue weighted by Gasteiger charge is -2.26. The van der Waals surface area contributed by atoms with Gasteiger partial charge in [0.05, 0.1) is 11.4 Å². The predicted octanol–water partition coefficient (Wildman–Crippen LogP) is 1.03. The lowest BCUT2D eigenvalue weighted by atomic mass is 10.1. The van der Waals surface area contributed by atoms with Crippen molar-refractivity contribution in [2.24, 2.45) is 0 Å². The Morgan fingerprint density at radius 3 is 2.48 bits per heavy atom. The van der Waals surface area contributed by atoms with Gasteiger partial charge in [-0.2, -0.15) is 4.31 Å². The van der Waals surface area contributed by atoms with Crippen molar-refractivity contribution >= 4 is 32.4 Å². The smallest absolute Gasteiger partial charge is 0.244 e. The molecule has 0 atom stereocenters. The second-order valence-electron chi connectivity index (χ2n) is 5.71. The molecule has 1 aliphatic rings. The van der Waals surface area contributed by atoms with Crippen LogP contribution in [0.3, 0.4) is 0 Å². The van der Waals surface area contributed by atoms with Crippen LogP contribution in [-0.2, 0) is 14.8 Å². The fourth-order valence-electron chi connectivity index (χ4n) is 2.84. The van der Waals surface area contributed by atoms with Gasteiger partial charge in [0.1, 0.15) is 0 Å². The number of carbonyl (C=O) groups is 1. The molecular formula is C16H19N3O3S. The minimum Gasteiger partial charge on any atom is -0.377 e. The fraction of sp³-hybridized carbons (Fsp3) is 0.312. The Balaban J connectivity index is 2.16. The quantitative estimate of drug-likeness (QED) is 0.911. The lowest BCUT2D eigenvalue weighted by molar-refractivity contribution is -0.122. The number of piperazine rings is 1. The summed E-state index contributed by atoms with van der Waals surface area (Å²) in [5.74, 6) is -0.269. The monoisotopic (exact) mass is 333 g/mol. The zero-order valence-corrected chi connectivity index (χ0v) is 13.9. The van der Waals surface area contributed by atoms with Crippen LogP contribution in [-0.4, -0.2) is 52.4 Å². The highest BCUT2D eigenvalue weighted by Crippen LogP contribution is 2.31. The number of amides is 1. The van der Waals surface area contributed by atoms with E-state index in [1.54, 1.807) is 18.2 Å². The normalized spacial score (nSPS) is 16.3. The molecule has 2 aromatic rings. The van der Waals surface area contributed by atoms with E-state index in [9.17, 15) is 13.2 Å². The van der Waals surface area contributed by atoms with Gasteiger partial charge in [-0.05, 0) is 12.1 Å². The maximum atomic E-state index is 13.0. The Kier molecular flexibility index (Phi) is 3.99. The van der Waals surface area contributed by atoms with Crippen LogP contribution in [0, 0.1) is 0 Å². The molecule has 7 heteroatoms. The highest BCUT2D eigenvalue weighted by Gasteiger charge is 2.30. The van der Waals surface area contributed by atoms with Crippen LogP contribution in [0.5, 0.6) is 0 Å². The van der Waals surface area contributed by atoms with Gasteiger partial charge in [0, 0.05) is 43.6 Å². The Morgan fingerprint density at radius 1 is 1.09 bits per heavy atom. The standard InChI is InChI=1S/C16H19N3O3S/c1-18(2)14-7-3-6-13-12(14)5-4-8-15(13)23(21,22)19-10-9-17-16(20)11-19/h3-8H,9-11H2,1-2H3,(H,17,20). The Morgan fingerprint density at radius 2 is 1.78 bits per heavy atom. The predicted molar refractivity (Wildman–Crippen MR) is 90.0 cm³/mol. The van der Waals surface area contributed by atoms with E-state index in [-0.39, 0.29) is 23.9 Å². The van der Waals surface area contributed by atoms with Gasteiger partial charge in [0.15, 0.2) is 0 Å². The summed E-state index contributed by atoms with van der Waals surface area (Å²) in [7, 11) is 0.133. The van der Waals surface area contributed by atoms with E-state index in [0.29, 0.717) is 11.9 Å². The van der Waals surface area contributed by atoms with Gasteiger partial charge in [-0.1, -0.05) is 24.3 Å². The second-order valence-corrected chi connectivity index (χ2v) is 7.62. The number of hydrogen-bond donors (Lipinski definition) is 1. The van der Waals surface area contributed by atoms with E-state index in [1.165, 1.54) is 4.31 Å². The van der Waals surface area contributed by atoms with E-state index < -0.39 is 10.0 Å². The van der Waals surface area contributed by atoms with E-state index in [2.05, 4.69) is 5.32 Å². The summed E-state index contributed by atoms with van der Waals surface area (Å²) < 4.78 is 27.2. The molecule has 122 valence electrons. The van der Waals surface area contributed by atoms with Crippen molar-refractivity contribution in [1.82, 2.24) is 9.62 Å². The molecule has 0 aliphatic carbocycles. The average molecular weight is 333 g/mol. The van der Waals surface area contributed by atoms with Gasteiger partial charge in [-0.15, -0.1) is 0 Å². The first-order valence-electron chi connectivity index (χ1n) is 7.37. The number of rotatable bonds is 3. The summed E-state index contributed by atoms with van der Waals surface area (Å²) in [5.41, 5.74) is 0.955. The van der Waals surface area contributed by atoms with Gasteiger partial charge < -0.3 is 10.2 Å². The van der Waals surface area contributed by atoms with Crippen molar-refractivity contribution in [2.75, 3.05) is 38.6 Å². The van der Waals surface area contributed by atoms with E-state index in [0.717, 1.165) is 11.1 Å². The van der Waals surface area contributed by atoms with Gasteiger partial charge in [0.2, 0.25) is 15.9 Å². The molecule has 0 aromatic heterocycles. The van der Waals surface area contributed by atoms with Crippen molar-refractivity contribution in [2.45, 2.75) is 4.90 Å². The van der Waals surface area contributed by atoms with Gasteiger partial charge in [0.25, 0.3) is 0 Å². The van der Waals surface area contributed by atoms with Crippen LogP contribution in [0.1, 0.15) is 0 Å². The zero-order chi connectivity index (χ0) is 16.6. The van der Waals surface area contributed by atoms with Crippen LogP contribution >= 0.6 is 0 Å². The molecule has 0 saturated carbocycles. The number of nitrogens with zero attached hydrogens (tertiary/aromatic N) is 2. The largest absolute Gasteiger partial charge is 0.377 e. The summed E-state index contributed by atoms with van der Waals surface area (Å²) in [5, 5.41) is 4.19. The molecule has 1 amide bonds. The van der Waals surface area contributed by atoms with Gasteiger partial charge in [-0.25, -0.2) is 8.42 Å². The van der Waals surface area contributed by atoms with Crippen molar-refractivity contribution in [1.29, 1.82) is 0 Å². The molecular weight excluding hydrogens is 314 g/mol. The molecule has 0 spiro atoms. The second kappa shape index (κ2) is 5.82. The number of anilines is 1. The van der Waals surface area contributed by atoms with Crippen LogP contribution < -0.4 is 10.2 Å². The molecule has 3 rings (SSSR count). The number of benzene rings is 2. The maximum absolute atomic E-state index is 13.0. The molecule has 1 fully saturated rings. The Hall–Kier alpha value is -2.12. The summed E-state index contributed by atoms with van der Waals surface area (Å²) in [6, 6.07) is 10.9. The molecule has 6 nitrogen and oxygen atoms in total. The highest BCUT2D eigenvalue weighted by molar-refractivity contribution is 7.89. The van der Waals surface area contributed by atoms with Crippen LogP contribution in [0.15, 0.2) is 41.3 Å². The SMILES string of the molecule is CN(C)c1cccc2c(S(=O)(=O)N3CCNC(=O)C3)cccc12. The summed E-state index contributed by atoms with van der Waals surface area (Å²) in [6.07, 6.45) is 0. The van der Waals surface area contributed by atoms with Crippen LogP contribution in [0.25, 0.3) is 10.8 Å². The average Bonchev–Trinajstić information content (AvgIpc) is 2.53. The number of hydrogen-bond acceptors (Lipinski definition) is 4. The molecule has 0 radical (unpaired) electrons. The molecule has 0 bridgehead atoms. The minimum absolute atomic E-state index is 0.133. The Labute approximate surface area is 135 Å². The summed E-state index contributed by atoms with van der Waals surface area (Å²) in [6.45, 7) is 0.496. The van der Waals surface area contributed by atoms with Crippen molar-refractivity contribution in [3.05, 3.63) is 36.4 Å². The molecule has 2 aromatic carbocycles. The molecule has 1 aliphatic heterocycles. The first-order valence-corrected chi connectivity index (χ1v) is 8.81. The zero-order valence-electron chi connectivity index (χ0n) is 13.1. The van der Waals surface area contributed by atoms with Gasteiger partial charge >= 0.3 is 0 Å². The Bertz CT molecular complexity index is 862. The lowest BCUT2D eigenvalue weighted by Crippen LogP contribution is -2.49. The van der Waals surface area contributed by atoms with Crippen molar-refractivity contribution < 1.29 is 13.2 Å². The van der Waals surface area contributed by atoms with E-state index >= 15 is 0 Å². The number of carbonyl (C=O) groups excluding carboxylic acids is 1. The first-order chi connectivity index (χ1) is 10.9. The third-order valence-electron chi connectivity index (χ3n) is 3.96. The maximum Gasteiger partial charge on any atom is 0.244 e. The molecule has 1 saturated heterocycles. The van der Waals surface area contributed by atoms with Crippen molar-refractivity contribution in [3.8, 4) is 0 Å². The van der Waals surface area contributed by atoms with Crippen LogP contribution in [0.2, 0.25) is 0 Å². The third kappa shape index (κ3) is 2.77. The molecule has 1 N–H and O–H groups in total. The molecule has 23 heavy (non-hydrogen) atoms. The minimum atomic E-state index is -3.71. The fourth-order valence-corrected chi connectivity index (χ4v) is 4.44. The third-order valence-corrected chi connectivity index (χ3v) is 5.87. The summed E-state index contributed by atoms with van der Waals surface area (Å²) >= 11 is 0. The van der Waals surface area contributed by atoms with E-state index in [4.69, 9.17) is 0 Å². The number of sulfonamides is 1. The summed E-state index contributed by atoms with van der Waals surface area (Å²) in [4.78, 5) is 13.7. The molecule has 0 unspecified atom stereocenters. The topological polar surface area (TPSA) is 69.7 Å². The molecule has 1 heterocycles. The first kappa shape index (κ1) is 15.8.